The maximum absolute atomic E-state index is 13.7. The van der Waals surface area contributed by atoms with Gasteiger partial charge in [0.15, 0.2) is 0 Å². The summed E-state index contributed by atoms with van der Waals surface area (Å²) < 4.78 is 53.9. The third-order valence-electron chi connectivity index (χ3n) is 9.68. The molecule has 13 heteroatoms. The first-order chi connectivity index (χ1) is 22.2. The number of carbonyl (C=O) groups is 2. The quantitative estimate of drug-likeness (QED) is 0.329. The average Bonchev–Trinajstić information content (AvgIpc) is 3.41. The Labute approximate surface area is 265 Å². The van der Waals surface area contributed by atoms with Crippen molar-refractivity contribution in [2.45, 2.75) is 89.5 Å². The molecule has 46 heavy (non-hydrogen) atoms. The Morgan fingerprint density at radius 3 is 2.50 bits per heavy atom. The molecule has 4 heterocycles. The highest BCUT2D eigenvalue weighted by atomic mass is 19.4. The lowest BCUT2D eigenvalue weighted by Crippen LogP contribution is -2.47. The highest BCUT2D eigenvalue weighted by molar-refractivity contribution is 5.79. The van der Waals surface area contributed by atoms with Gasteiger partial charge in [-0.1, -0.05) is 50.1 Å². The minimum absolute atomic E-state index is 0.0227. The van der Waals surface area contributed by atoms with Crippen molar-refractivity contribution in [3.8, 4) is 0 Å². The number of ether oxygens (including phenoxy) is 2. The molecule has 2 aliphatic heterocycles. The Hall–Kier alpha value is -3.74. The normalized spacial score (nSPS) is 24.5. The lowest BCUT2D eigenvalue weighted by molar-refractivity contribution is -0.183. The number of halogens is 3. The van der Waals surface area contributed by atoms with Gasteiger partial charge in [0.05, 0.1) is 23.0 Å². The van der Waals surface area contributed by atoms with E-state index in [1.807, 2.05) is 30.3 Å². The molecule has 248 valence electrons. The summed E-state index contributed by atoms with van der Waals surface area (Å²) in [7, 11) is 0. The van der Waals surface area contributed by atoms with Crippen LogP contribution in [0.15, 0.2) is 30.3 Å². The predicted octanol–water partition coefficient (Wildman–Crippen LogP) is 5.60. The molecule has 0 unspecified atom stereocenters. The van der Waals surface area contributed by atoms with Crippen LogP contribution in [0.1, 0.15) is 92.0 Å². The number of imidazole rings is 1. The minimum Gasteiger partial charge on any atom is -0.443 e. The molecule has 3 aliphatic rings. The number of fused-ring (bicyclic) bond motifs is 1. The Morgan fingerprint density at radius 1 is 1.04 bits per heavy atom. The number of rotatable bonds is 8. The zero-order valence-electron chi connectivity index (χ0n) is 26.0. The Balaban J connectivity index is 1.33. The summed E-state index contributed by atoms with van der Waals surface area (Å²) in [5.41, 5.74) is 3.49. The molecule has 2 atom stereocenters. The highest BCUT2D eigenvalue weighted by Crippen LogP contribution is 2.39. The van der Waals surface area contributed by atoms with Crippen molar-refractivity contribution in [2.75, 3.05) is 19.8 Å². The number of nitrogens with zero attached hydrogens (tertiary/aromatic N) is 4. The van der Waals surface area contributed by atoms with Crippen LogP contribution >= 0.6 is 0 Å². The number of alkyl halides is 3. The number of benzene rings is 1. The van der Waals surface area contributed by atoms with E-state index in [9.17, 15) is 22.8 Å². The van der Waals surface area contributed by atoms with Crippen LogP contribution in [0.25, 0.3) is 5.78 Å². The van der Waals surface area contributed by atoms with Crippen LogP contribution in [0.2, 0.25) is 0 Å². The van der Waals surface area contributed by atoms with Gasteiger partial charge in [-0.15, -0.1) is 0 Å². The van der Waals surface area contributed by atoms with Crippen molar-refractivity contribution >= 4 is 17.8 Å². The van der Waals surface area contributed by atoms with Gasteiger partial charge in [0.25, 0.3) is 5.78 Å². The van der Waals surface area contributed by atoms with Gasteiger partial charge in [-0.05, 0) is 43.6 Å². The number of aromatic nitrogens is 4. The van der Waals surface area contributed by atoms with Gasteiger partial charge in [-0.3, -0.25) is 4.79 Å². The first-order valence-electron chi connectivity index (χ1n) is 16.3. The van der Waals surface area contributed by atoms with Gasteiger partial charge >= 0.3 is 12.3 Å². The monoisotopic (exact) mass is 642 g/mol. The molecule has 10 nitrogen and oxygen atoms in total. The number of piperidine rings is 1. The number of hydrogen-bond acceptors (Lipinski definition) is 7. The van der Waals surface area contributed by atoms with Crippen molar-refractivity contribution in [3.63, 3.8) is 0 Å². The fourth-order valence-electron chi connectivity index (χ4n) is 6.98. The zero-order chi connectivity index (χ0) is 32.3. The molecule has 6 rings (SSSR count). The fraction of sp³-hybridized carbons (Fsp3) is 0.606. The molecule has 0 spiro atoms. The lowest BCUT2D eigenvalue weighted by atomic mass is 9.81. The number of carbonyl (C=O) groups excluding carboxylic acids is 2. The molecule has 2 aromatic heterocycles. The molecule has 2 N–H and O–H groups in total. The summed E-state index contributed by atoms with van der Waals surface area (Å²) in [5, 5.41) is 10.3. The Bertz CT molecular complexity index is 1520. The van der Waals surface area contributed by atoms with Crippen LogP contribution in [0.3, 0.4) is 0 Å². The van der Waals surface area contributed by atoms with Crippen LogP contribution in [-0.4, -0.2) is 57.5 Å². The summed E-state index contributed by atoms with van der Waals surface area (Å²) >= 11 is 0. The van der Waals surface area contributed by atoms with Crippen molar-refractivity contribution in [2.24, 2.45) is 17.8 Å². The topological polar surface area (TPSA) is 120 Å². The second kappa shape index (κ2) is 13.9. The summed E-state index contributed by atoms with van der Waals surface area (Å²) in [6, 6.07) is 9.53. The number of hydrogen-bond donors (Lipinski definition) is 2. The van der Waals surface area contributed by atoms with E-state index in [-0.39, 0.29) is 31.3 Å². The van der Waals surface area contributed by atoms with E-state index < -0.39 is 36.6 Å². The Morgan fingerprint density at radius 2 is 1.78 bits per heavy atom. The molecule has 2 saturated heterocycles. The molecule has 1 aliphatic carbocycles. The number of nitrogens with one attached hydrogen (secondary N) is 2. The zero-order valence-corrected chi connectivity index (χ0v) is 26.0. The molecule has 1 aromatic carbocycles. The smallest absolute Gasteiger partial charge is 0.407 e. The van der Waals surface area contributed by atoms with Gasteiger partial charge in [0.2, 0.25) is 5.91 Å². The SMILES string of the molecule is CC1CCC(c2c(COC(=O)NCc3ccccc3)nc3nc(C4CCOCC4)c(C[C@H]4C[C@H](C(F)(F)F)CNC4=O)nn23)CC1. The maximum atomic E-state index is 13.7. The van der Waals surface area contributed by atoms with Crippen LogP contribution in [-0.2, 0) is 33.8 Å². The van der Waals surface area contributed by atoms with Gasteiger partial charge in [-0.25, -0.2) is 19.3 Å². The van der Waals surface area contributed by atoms with Crippen molar-refractivity contribution in [1.29, 1.82) is 0 Å². The predicted molar refractivity (Wildman–Crippen MR) is 162 cm³/mol. The third kappa shape index (κ3) is 7.45. The van der Waals surface area contributed by atoms with Crippen LogP contribution in [0, 0.1) is 17.8 Å². The highest BCUT2D eigenvalue weighted by Gasteiger charge is 2.45. The molecular formula is C33H41F3N6O4. The number of amides is 2. The summed E-state index contributed by atoms with van der Waals surface area (Å²) in [5.74, 6) is -1.86. The van der Waals surface area contributed by atoms with Crippen molar-refractivity contribution in [1.82, 2.24) is 30.2 Å². The van der Waals surface area contributed by atoms with E-state index in [4.69, 9.17) is 24.5 Å². The van der Waals surface area contributed by atoms with Gasteiger partial charge in [0, 0.05) is 50.5 Å². The summed E-state index contributed by atoms with van der Waals surface area (Å²) in [6.07, 6.45) is 0.00127. The van der Waals surface area contributed by atoms with Crippen LogP contribution < -0.4 is 10.6 Å². The first-order valence-corrected chi connectivity index (χ1v) is 16.3. The average molecular weight is 643 g/mol. The fourth-order valence-corrected chi connectivity index (χ4v) is 6.98. The van der Waals surface area contributed by atoms with E-state index in [0.29, 0.717) is 61.4 Å². The van der Waals surface area contributed by atoms with Crippen molar-refractivity contribution in [3.05, 3.63) is 58.7 Å². The minimum atomic E-state index is -4.40. The molecule has 1 saturated carbocycles. The van der Waals surface area contributed by atoms with Crippen LogP contribution in [0.4, 0.5) is 18.0 Å². The van der Waals surface area contributed by atoms with E-state index in [1.54, 1.807) is 4.52 Å². The summed E-state index contributed by atoms with van der Waals surface area (Å²) in [6.45, 7) is 3.14. The van der Waals surface area contributed by atoms with Crippen LogP contribution in [0.5, 0.6) is 0 Å². The second-order valence-electron chi connectivity index (χ2n) is 13.0. The first kappa shape index (κ1) is 32.2. The number of alkyl carbamates (subject to hydrolysis) is 1. The molecule has 2 amide bonds. The van der Waals surface area contributed by atoms with E-state index >= 15 is 0 Å². The maximum Gasteiger partial charge on any atom is 0.407 e. The van der Waals surface area contributed by atoms with Gasteiger partial charge in [-0.2, -0.15) is 18.3 Å². The molecule has 3 aromatic rings. The molecule has 3 fully saturated rings. The second-order valence-corrected chi connectivity index (χ2v) is 13.0. The summed E-state index contributed by atoms with van der Waals surface area (Å²) in [4.78, 5) is 35.3. The van der Waals surface area contributed by atoms with E-state index in [1.165, 1.54) is 0 Å². The lowest BCUT2D eigenvalue weighted by Gasteiger charge is -2.31. The third-order valence-corrected chi connectivity index (χ3v) is 9.68. The molecular weight excluding hydrogens is 601 g/mol. The standard InChI is InChI=1S/C33H41F3N6O4/c1-20-7-9-23(10-8-20)29-27(19-46-32(44)38-17-21-5-3-2-4-6-21)39-31-40-28(22-11-13-45-14-12-22)26(41-42(29)31)16-24-15-25(33(34,35)36)18-37-30(24)43/h2-6,20,22-25H,7-19H2,1H3,(H,37,43)(H,38,44)/t20?,23?,24-,25+/m1/s1. The largest absolute Gasteiger partial charge is 0.443 e. The van der Waals surface area contributed by atoms with Gasteiger partial charge in [0.1, 0.15) is 12.3 Å². The van der Waals surface area contributed by atoms with Crippen molar-refractivity contribution < 1.29 is 32.2 Å². The Kier molecular flexibility index (Phi) is 9.76. The molecule has 0 radical (unpaired) electrons. The van der Waals surface area contributed by atoms with E-state index in [2.05, 4.69) is 17.6 Å². The van der Waals surface area contributed by atoms with E-state index in [0.717, 1.165) is 36.9 Å². The molecule has 0 bridgehead atoms. The van der Waals surface area contributed by atoms with Gasteiger partial charge < -0.3 is 20.1 Å².